The molecule has 6 heteroatoms. The largest absolute Gasteiger partial charge is 0.333 e. The second kappa shape index (κ2) is 10.8. The van der Waals surface area contributed by atoms with Crippen LogP contribution < -0.4 is 5.32 Å². The number of thiazole rings is 1. The first-order valence-corrected chi connectivity index (χ1v) is 10.5. The highest BCUT2D eigenvalue weighted by Gasteiger charge is 2.18. The first kappa shape index (κ1) is 21.1. The smallest absolute Gasteiger partial charge is 0.245 e. The molecule has 2 rings (SSSR count). The number of unbranched alkanes of at least 4 members (excludes halogenated alkanes) is 2. The van der Waals surface area contributed by atoms with Crippen molar-refractivity contribution in [1.29, 1.82) is 0 Å². The molecule has 0 aliphatic carbocycles. The third-order valence-corrected chi connectivity index (χ3v) is 4.84. The van der Waals surface area contributed by atoms with Gasteiger partial charge < -0.3 is 10.2 Å². The van der Waals surface area contributed by atoms with Gasteiger partial charge in [-0.15, -0.1) is 11.3 Å². The lowest BCUT2D eigenvalue weighted by molar-refractivity contribution is -0.135. The molecule has 27 heavy (non-hydrogen) atoms. The molecule has 0 atom stereocenters. The van der Waals surface area contributed by atoms with Crippen molar-refractivity contribution in [3.05, 3.63) is 35.7 Å². The van der Waals surface area contributed by atoms with E-state index < -0.39 is 0 Å². The van der Waals surface area contributed by atoms with Gasteiger partial charge in [0, 0.05) is 23.9 Å². The van der Waals surface area contributed by atoms with Crippen molar-refractivity contribution in [2.24, 2.45) is 5.92 Å². The second-order valence-electron chi connectivity index (χ2n) is 7.08. The van der Waals surface area contributed by atoms with Crippen LogP contribution in [-0.4, -0.2) is 34.8 Å². The highest BCUT2D eigenvalue weighted by Crippen LogP contribution is 2.24. The molecule has 0 aliphatic heterocycles. The SMILES string of the molecule is CCCCCC(=O)N(CC(=O)Nc1nc(-c2ccccc2)cs1)CC(C)C. The Balaban J connectivity index is 1.94. The van der Waals surface area contributed by atoms with Crippen LogP contribution in [0.1, 0.15) is 46.5 Å². The maximum atomic E-state index is 12.5. The molecule has 0 radical (unpaired) electrons. The first-order valence-electron chi connectivity index (χ1n) is 9.58. The number of benzene rings is 1. The van der Waals surface area contributed by atoms with E-state index in [0.717, 1.165) is 30.5 Å². The molecule has 0 saturated heterocycles. The molecule has 2 amide bonds. The fraction of sp³-hybridized carbons (Fsp3) is 0.476. The van der Waals surface area contributed by atoms with E-state index >= 15 is 0 Å². The Hall–Kier alpha value is -2.21. The van der Waals surface area contributed by atoms with Crippen LogP contribution in [0.2, 0.25) is 0 Å². The van der Waals surface area contributed by atoms with Crippen LogP contribution in [0.5, 0.6) is 0 Å². The van der Waals surface area contributed by atoms with E-state index in [4.69, 9.17) is 0 Å². The Morgan fingerprint density at radius 3 is 2.59 bits per heavy atom. The van der Waals surface area contributed by atoms with Crippen LogP contribution in [0, 0.1) is 5.92 Å². The number of aromatic nitrogens is 1. The summed E-state index contributed by atoms with van der Waals surface area (Å²) < 4.78 is 0. The summed E-state index contributed by atoms with van der Waals surface area (Å²) >= 11 is 1.39. The summed E-state index contributed by atoms with van der Waals surface area (Å²) in [6, 6.07) is 9.85. The number of anilines is 1. The molecule has 146 valence electrons. The van der Waals surface area contributed by atoms with Gasteiger partial charge in [-0.3, -0.25) is 9.59 Å². The minimum Gasteiger partial charge on any atom is -0.333 e. The molecular formula is C21H29N3O2S. The fourth-order valence-corrected chi connectivity index (χ4v) is 3.52. The summed E-state index contributed by atoms with van der Waals surface area (Å²) in [7, 11) is 0. The van der Waals surface area contributed by atoms with Crippen molar-refractivity contribution in [2.45, 2.75) is 46.5 Å². The first-order chi connectivity index (χ1) is 13.0. The average Bonchev–Trinajstić information content (AvgIpc) is 3.10. The number of amides is 2. The fourth-order valence-electron chi connectivity index (χ4n) is 2.78. The standard InChI is InChI=1S/C21H29N3O2S/c1-4-5-7-12-20(26)24(13-16(2)3)14-19(25)23-21-22-18(15-27-21)17-10-8-6-9-11-17/h6,8-11,15-16H,4-5,7,12-14H2,1-3H3,(H,22,23,25). The van der Waals surface area contributed by atoms with E-state index in [9.17, 15) is 9.59 Å². The van der Waals surface area contributed by atoms with Crippen LogP contribution in [0.3, 0.4) is 0 Å². The van der Waals surface area contributed by atoms with Gasteiger partial charge in [0.1, 0.15) is 0 Å². The van der Waals surface area contributed by atoms with Crippen LogP contribution in [-0.2, 0) is 9.59 Å². The van der Waals surface area contributed by atoms with Gasteiger partial charge >= 0.3 is 0 Å². The summed E-state index contributed by atoms with van der Waals surface area (Å²) in [6.07, 6.45) is 3.49. The predicted octanol–water partition coefficient (Wildman–Crippen LogP) is 4.81. The minimum atomic E-state index is -0.201. The highest BCUT2D eigenvalue weighted by atomic mass is 32.1. The van der Waals surface area contributed by atoms with Gasteiger partial charge in [0.05, 0.1) is 12.2 Å². The van der Waals surface area contributed by atoms with Crippen molar-refractivity contribution >= 4 is 28.3 Å². The van der Waals surface area contributed by atoms with E-state index in [1.165, 1.54) is 11.3 Å². The summed E-state index contributed by atoms with van der Waals surface area (Å²) in [5, 5.41) is 5.31. The Morgan fingerprint density at radius 1 is 1.19 bits per heavy atom. The lowest BCUT2D eigenvalue weighted by Gasteiger charge is -2.24. The summed E-state index contributed by atoms with van der Waals surface area (Å²) in [5.74, 6) is 0.169. The molecule has 1 aromatic heterocycles. The second-order valence-corrected chi connectivity index (χ2v) is 7.94. The summed E-state index contributed by atoms with van der Waals surface area (Å²) in [4.78, 5) is 31.1. The summed E-state index contributed by atoms with van der Waals surface area (Å²) in [6.45, 7) is 6.88. The Bertz CT molecular complexity index is 728. The molecule has 0 fully saturated rings. The van der Waals surface area contributed by atoms with Crippen molar-refractivity contribution in [1.82, 2.24) is 9.88 Å². The average molecular weight is 388 g/mol. The normalized spacial score (nSPS) is 10.8. The van der Waals surface area contributed by atoms with E-state index in [0.29, 0.717) is 24.0 Å². The van der Waals surface area contributed by atoms with Gasteiger partial charge in [-0.2, -0.15) is 0 Å². The molecule has 5 nitrogen and oxygen atoms in total. The quantitative estimate of drug-likeness (QED) is 0.595. The third-order valence-electron chi connectivity index (χ3n) is 4.09. The zero-order valence-corrected chi connectivity index (χ0v) is 17.2. The van der Waals surface area contributed by atoms with Crippen LogP contribution in [0.4, 0.5) is 5.13 Å². The number of carbonyl (C=O) groups excluding carboxylic acids is 2. The van der Waals surface area contributed by atoms with Crippen LogP contribution in [0.25, 0.3) is 11.3 Å². The number of rotatable bonds is 10. The Kier molecular flexibility index (Phi) is 8.45. The molecule has 0 bridgehead atoms. The lowest BCUT2D eigenvalue weighted by atomic mass is 10.1. The Morgan fingerprint density at radius 2 is 1.93 bits per heavy atom. The number of nitrogens with zero attached hydrogens (tertiary/aromatic N) is 2. The van der Waals surface area contributed by atoms with Gasteiger partial charge in [0.15, 0.2) is 5.13 Å². The van der Waals surface area contributed by atoms with Crippen molar-refractivity contribution in [3.8, 4) is 11.3 Å². The van der Waals surface area contributed by atoms with Gasteiger partial charge in [-0.05, 0) is 12.3 Å². The number of hydrogen-bond donors (Lipinski definition) is 1. The molecule has 2 aromatic rings. The highest BCUT2D eigenvalue weighted by molar-refractivity contribution is 7.14. The molecule has 0 spiro atoms. The summed E-state index contributed by atoms with van der Waals surface area (Å²) in [5.41, 5.74) is 1.85. The molecule has 1 heterocycles. The van der Waals surface area contributed by atoms with Crippen molar-refractivity contribution in [2.75, 3.05) is 18.4 Å². The topological polar surface area (TPSA) is 62.3 Å². The van der Waals surface area contributed by atoms with Crippen molar-refractivity contribution < 1.29 is 9.59 Å². The monoisotopic (exact) mass is 387 g/mol. The zero-order chi connectivity index (χ0) is 19.6. The minimum absolute atomic E-state index is 0.0522. The van der Waals surface area contributed by atoms with Gasteiger partial charge in [-0.1, -0.05) is 63.9 Å². The van der Waals surface area contributed by atoms with Crippen LogP contribution >= 0.6 is 11.3 Å². The molecule has 1 N–H and O–H groups in total. The molecule has 1 aromatic carbocycles. The number of carbonyl (C=O) groups is 2. The van der Waals surface area contributed by atoms with E-state index in [1.807, 2.05) is 35.7 Å². The maximum absolute atomic E-state index is 12.5. The van der Waals surface area contributed by atoms with Gasteiger partial charge in [0.2, 0.25) is 11.8 Å². The molecule has 0 saturated carbocycles. The predicted molar refractivity (Wildman–Crippen MR) is 112 cm³/mol. The Labute approximate surface area is 165 Å². The maximum Gasteiger partial charge on any atom is 0.245 e. The van der Waals surface area contributed by atoms with Gasteiger partial charge in [0.25, 0.3) is 0 Å². The third kappa shape index (κ3) is 7.13. The number of hydrogen-bond acceptors (Lipinski definition) is 4. The number of nitrogens with one attached hydrogen (secondary N) is 1. The van der Waals surface area contributed by atoms with E-state index in [2.05, 4.69) is 31.1 Å². The zero-order valence-electron chi connectivity index (χ0n) is 16.4. The van der Waals surface area contributed by atoms with Crippen LogP contribution in [0.15, 0.2) is 35.7 Å². The lowest BCUT2D eigenvalue weighted by Crippen LogP contribution is -2.40. The van der Waals surface area contributed by atoms with E-state index in [1.54, 1.807) is 4.90 Å². The van der Waals surface area contributed by atoms with Crippen molar-refractivity contribution in [3.63, 3.8) is 0 Å². The molecule has 0 aliphatic rings. The van der Waals surface area contributed by atoms with Gasteiger partial charge in [-0.25, -0.2) is 4.98 Å². The molecule has 0 unspecified atom stereocenters. The van der Waals surface area contributed by atoms with E-state index in [-0.39, 0.29) is 18.4 Å². The molecular weight excluding hydrogens is 358 g/mol.